The summed E-state index contributed by atoms with van der Waals surface area (Å²) >= 11 is 1.37. The van der Waals surface area contributed by atoms with Crippen molar-refractivity contribution in [3.05, 3.63) is 34.7 Å². The second-order valence-corrected chi connectivity index (χ2v) is 4.45. The number of aromatic amines is 1. The largest absolute Gasteiger partial charge is 0.351 e. The van der Waals surface area contributed by atoms with Crippen molar-refractivity contribution in [3.63, 3.8) is 0 Å². The van der Waals surface area contributed by atoms with Crippen LogP contribution in [0.5, 0.6) is 0 Å². The Morgan fingerprint density at radius 2 is 2.28 bits per heavy atom. The van der Waals surface area contributed by atoms with Crippen molar-refractivity contribution in [2.45, 2.75) is 6.42 Å². The summed E-state index contributed by atoms with van der Waals surface area (Å²) in [5.41, 5.74) is 0. The van der Waals surface area contributed by atoms with Gasteiger partial charge in [-0.3, -0.25) is 14.7 Å². The lowest BCUT2D eigenvalue weighted by atomic mass is 10.3. The minimum Gasteiger partial charge on any atom is -0.351 e. The molecule has 0 aliphatic carbocycles. The third-order valence-corrected chi connectivity index (χ3v) is 3.03. The Bertz CT molecular complexity index is 507. The fourth-order valence-corrected chi connectivity index (χ4v) is 1.96. The topological polar surface area (TPSA) is 86.9 Å². The molecule has 0 radical (unpaired) electrons. The third kappa shape index (κ3) is 3.42. The lowest BCUT2D eigenvalue weighted by Gasteiger charge is -2.04. The summed E-state index contributed by atoms with van der Waals surface area (Å²) in [5.74, 6) is 0.217. The number of aromatic nitrogens is 2. The zero-order valence-corrected chi connectivity index (χ0v) is 10.3. The molecule has 18 heavy (non-hydrogen) atoms. The highest BCUT2D eigenvalue weighted by Crippen LogP contribution is 2.07. The van der Waals surface area contributed by atoms with Crippen LogP contribution in [0.3, 0.4) is 0 Å². The number of nitrogens with one attached hydrogen (secondary N) is 3. The molecule has 0 unspecified atom stereocenters. The van der Waals surface area contributed by atoms with Crippen LogP contribution in [0, 0.1) is 0 Å². The molecule has 6 nitrogen and oxygen atoms in total. The molecule has 0 saturated carbocycles. The molecule has 2 rings (SSSR count). The van der Waals surface area contributed by atoms with E-state index in [1.165, 1.54) is 11.3 Å². The number of carbonyl (C=O) groups excluding carboxylic acids is 2. The minimum absolute atomic E-state index is 0.153. The van der Waals surface area contributed by atoms with Gasteiger partial charge >= 0.3 is 0 Å². The van der Waals surface area contributed by atoms with Gasteiger partial charge in [0.05, 0.1) is 11.1 Å². The van der Waals surface area contributed by atoms with Crippen molar-refractivity contribution < 1.29 is 9.59 Å². The summed E-state index contributed by atoms with van der Waals surface area (Å²) < 4.78 is 0. The maximum atomic E-state index is 11.6. The third-order valence-electron chi connectivity index (χ3n) is 2.16. The van der Waals surface area contributed by atoms with Gasteiger partial charge in [0, 0.05) is 19.0 Å². The first-order valence-corrected chi connectivity index (χ1v) is 6.24. The van der Waals surface area contributed by atoms with Gasteiger partial charge in [-0.25, -0.2) is 0 Å². The van der Waals surface area contributed by atoms with E-state index in [1.807, 2.05) is 11.4 Å². The number of H-pyrrole nitrogens is 1. The average molecular weight is 264 g/mol. The normalized spacial score (nSPS) is 10.0. The van der Waals surface area contributed by atoms with Crippen LogP contribution in [0.15, 0.2) is 29.8 Å². The summed E-state index contributed by atoms with van der Waals surface area (Å²) in [6, 6.07) is 5.21. The molecule has 0 atom stereocenters. The maximum absolute atomic E-state index is 11.6. The van der Waals surface area contributed by atoms with Gasteiger partial charge in [0.15, 0.2) is 0 Å². The van der Waals surface area contributed by atoms with Gasteiger partial charge < -0.3 is 10.6 Å². The highest BCUT2D eigenvalue weighted by molar-refractivity contribution is 7.12. The standard InChI is InChI=1S/C11H12N4O2S/c16-10(14-9-3-6-13-15-9)4-5-12-11(17)8-2-1-7-18-8/h1-3,6-7H,4-5H2,(H,12,17)(H2,13,14,15,16). The first-order chi connectivity index (χ1) is 8.75. The number of hydrogen-bond donors (Lipinski definition) is 3. The number of amides is 2. The molecular weight excluding hydrogens is 252 g/mol. The van der Waals surface area contributed by atoms with Crippen LogP contribution >= 0.6 is 11.3 Å². The number of anilines is 1. The Kier molecular flexibility index (Phi) is 4.08. The molecule has 2 aromatic heterocycles. The van der Waals surface area contributed by atoms with Crippen molar-refractivity contribution in [1.82, 2.24) is 15.5 Å². The first-order valence-electron chi connectivity index (χ1n) is 5.36. The van der Waals surface area contributed by atoms with Crippen molar-refractivity contribution in [1.29, 1.82) is 0 Å². The molecule has 3 N–H and O–H groups in total. The fraction of sp³-hybridized carbons (Fsp3) is 0.182. The van der Waals surface area contributed by atoms with Crippen molar-refractivity contribution in [3.8, 4) is 0 Å². The molecular formula is C11H12N4O2S. The van der Waals surface area contributed by atoms with Crippen LogP contribution in [0.4, 0.5) is 5.82 Å². The Morgan fingerprint density at radius 1 is 1.39 bits per heavy atom. The first kappa shape index (κ1) is 12.3. The predicted molar refractivity (Wildman–Crippen MR) is 68.5 cm³/mol. The van der Waals surface area contributed by atoms with Gasteiger partial charge in [-0.05, 0) is 11.4 Å². The monoisotopic (exact) mass is 264 g/mol. The van der Waals surface area contributed by atoms with E-state index in [0.717, 1.165) is 0 Å². The van der Waals surface area contributed by atoms with Crippen LogP contribution in [0.2, 0.25) is 0 Å². The molecule has 94 valence electrons. The van der Waals surface area contributed by atoms with E-state index in [2.05, 4.69) is 20.8 Å². The molecule has 0 spiro atoms. The van der Waals surface area contributed by atoms with Crippen LogP contribution in [0.25, 0.3) is 0 Å². The van der Waals surface area contributed by atoms with E-state index in [0.29, 0.717) is 17.2 Å². The summed E-state index contributed by atoms with van der Waals surface area (Å²) in [7, 11) is 0. The second-order valence-electron chi connectivity index (χ2n) is 3.50. The number of carbonyl (C=O) groups is 2. The van der Waals surface area contributed by atoms with Crippen LogP contribution in [0.1, 0.15) is 16.1 Å². The van der Waals surface area contributed by atoms with Gasteiger partial charge in [-0.15, -0.1) is 11.3 Å². The summed E-state index contributed by atoms with van der Waals surface area (Å²) in [4.78, 5) is 23.7. The predicted octanol–water partition coefficient (Wildman–Crippen LogP) is 1.23. The Hall–Kier alpha value is -2.15. The van der Waals surface area contributed by atoms with Crippen LogP contribution in [-0.4, -0.2) is 28.6 Å². The number of thiophene rings is 1. The molecule has 0 fully saturated rings. The molecule has 2 aromatic rings. The molecule has 0 aromatic carbocycles. The van der Waals surface area contributed by atoms with Gasteiger partial charge in [-0.2, -0.15) is 5.10 Å². The minimum atomic E-state index is -0.175. The zero-order chi connectivity index (χ0) is 12.8. The quantitative estimate of drug-likeness (QED) is 0.759. The van der Waals surface area contributed by atoms with Gasteiger partial charge in [0.25, 0.3) is 5.91 Å². The Labute approximate surface area is 107 Å². The summed E-state index contributed by atoms with van der Waals surface area (Å²) in [5, 5.41) is 13.5. The van der Waals surface area contributed by atoms with Crippen LogP contribution in [-0.2, 0) is 4.79 Å². The number of nitrogens with zero attached hydrogens (tertiary/aromatic N) is 1. The van der Waals surface area contributed by atoms with E-state index >= 15 is 0 Å². The van der Waals surface area contributed by atoms with Crippen molar-refractivity contribution >= 4 is 29.0 Å². The van der Waals surface area contributed by atoms with Gasteiger partial charge in [0.1, 0.15) is 5.82 Å². The number of rotatable bonds is 5. The smallest absolute Gasteiger partial charge is 0.261 e. The van der Waals surface area contributed by atoms with Crippen molar-refractivity contribution in [2.24, 2.45) is 0 Å². The van der Waals surface area contributed by atoms with E-state index in [1.54, 1.807) is 18.3 Å². The lowest BCUT2D eigenvalue weighted by molar-refractivity contribution is -0.116. The summed E-state index contributed by atoms with van der Waals surface area (Å²) in [6.07, 6.45) is 1.77. The van der Waals surface area contributed by atoms with Crippen LogP contribution < -0.4 is 10.6 Å². The highest BCUT2D eigenvalue weighted by Gasteiger charge is 2.07. The second kappa shape index (κ2) is 5.97. The fourth-order valence-electron chi connectivity index (χ4n) is 1.32. The highest BCUT2D eigenvalue weighted by atomic mass is 32.1. The molecule has 0 bridgehead atoms. The zero-order valence-electron chi connectivity index (χ0n) is 9.47. The molecule has 7 heteroatoms. The molecule has 0 aliphatic heterocycles. The van der Waals surface area contributed by atoms with Crippen molar-refractivity contribution in [2.75, 3.05) is 11.9 Å². The lowest BCUT2D eigenvalue weighted by Crippen LogP contribution is -2.27. The maximum Gasteiger partial charge on any atom is 0.261 e. The van der Waals surface area contributed by atoms with Gasteiger partial charge in [0.2, 0.25) is 5.91 Å². The van der Waals surface area contributed by atoms with Gasteiger partial charge in [-0.1, -0.05) is 6.07 Å². The molecule has 0 aliphatic rings. The Morgan fingerprint density at radius 3 is 2.94 bits per heavy atom. The Balaban J connectivity index is 1.69. The van der Waals surface area contributed by atoms with E-state index in [-0.39, 0.29) is 18.2 Å². The average Bonchev–Trinajstić information content (AvgIpc) is 3.00. The van der Waals surface area contributed by atoms with E-state index in [9.17, 15) is 9.59 Å². The number of hydrogen-bond acceptors (Lipinski definition) is 4. The van der Waals surface area contributed by atoms with E-state index in [4.69, 9.17) is 0 Å². The molecule has 0 saturated heterocycles. The van der Waals surface area contributed by atoms with E-state index < -0.39 is 0 Å². The SMILES string of the molecule is O=C(CCNC(=O)c1cccs1)Nc1ccn[nH]1. The molecule has 2 heterocycles. The summed E-state index contributed by atoms with van der Waals surface area (Å²) in [6.45, 7) is 0.302. The molecule has 2 amide bonds.